The van der Waals surface area contributed by atoms with E-state index in [1.54, 1.807) is 12.1 Å². The molecule has 1 aromatic carbocycles. The van der Waals surface area contributed by atoms with Gasteiger partial charge in [0.2, 0.25) is 20.9 Å². The lowest BCUT2D eigenvalue weighted by atomic mass is 9.88. The van der Waals surface area contributed by atoms with Gasteiger partial charge in [0, 0.05) is 16.9 Å². The lowest BCUT2D eigenvalue weighted by Gasteiger charge is -2.18. The molecule has 14 heteroatoms. The second-order valence-electron chi connectivity index (χ2n) is 9.51. The number of carbonyl (C=O) groups is 2. The standard InChI is InChI=1S/C26H27F3N4O5S2/c1-14-9-10-16-19(12-14)39-24(22(16)23(30)35)33-21(34)8-5-11-40(36,37)25-31-17(13-20(32-25)26(27,28)29)15-6-3-4-7-18(15)38-2/h3-4,6-7,13-14H,5,8-12H2,1-2H3,(H2,30,35)(H,33,34). The molecule has 1 aliphatic rings. The number of nitrogens with one attached hydrogen (secondary N) is 1. The number of thiophene rings is 1. The molecule has 4 rings (SSSR count). The number of amides is 2. The Balaban J connectivity index is 1.51. The highest BCUT2D eigenvalue weighted by Crippen LogP contribution is 2.39. The fourth-order valence-electron chi connectivity index (χ4n) is 4.51. The van der Waals surface area contributed by atoms with Crippen LogP contribution in [0.4, 0.5) is 18.2 Å². The van der Waals surface area contributed by atoms with Crippen molar-refractivity contribution in [2.75, 3.05) is 18.2 Å². The molecule has 0 fully saturated rings. The molecule has 3 N–H and O–H groups in total. The van der Waals surface area contributed by atoms with Crippen molar-refractivity contribution in [3.63, 3.8) is 0 Å². The van der Waals surface area contributed by atoms with Crippen LogP contribution < -0.4 is 15.8 Å². The van der Waals surface area contributed by atoms with E-state index in [0.717, 1.165) is 23.3 Å². The topological polar surface area (TPSA) is 141 Å². The van der Waals surface area contributed by atoms with E-state index in [4.69, 9.17) is 10.5 Å². The summed E-state index contributed by atoms with van der Waals surface area (Å²) in [5, 5.41) is 1.97. The Labute approximate surface area is 232 Å². The minimum absolute atomic E-state index is 0.159. The molecule has 0 aliphatic heterocycles. The van der Waals surface area contributed by atoms with Crippen LogP contribution in [0.1, 0.15) is 52.7 Å². The Morgan fingerprint density at radius 3 is 2.62 bits per heavy atom. The Kier molecular flexibility index (Phi) is 8.49. The number of anilines is 1. The first-order valence-corrected chi connectivity index (χ1v) is 14.8. The van der Waals surface area contributed by atoms with Crippen molar-refractivity contribution in [3.05, 3.63) is 52.0 Å². The molecule has 0 spiro atoms. The van der Waals surface area contributed by atoms with Crippen LogP contribution >= 0.6 is 11.3 Å². The van der Waals surface area contributed by atoms with Crippen molar-refractivity contribution in [2.24, 2.45) is 11.7 Å². The average molecular weight is 597 g/mol. The minimum Gasteiger partial charge on any atom is -0.496 e. The highest BCUT2D eigenvalue weighted by atomic mass is 32.2. The van der Waals surface area contributed by atoms with Crippen molar-refractivity contribution < 1.29 is 35.9 Å². The smallest absolute Gasteiger partial charge is 0.433 e. The van der Waals surface area contributed by atoms with Gasteiger partial charge in [0.05, 0.1) is 24.1 Å². The third-order valence-electron chi connectivity index (χ3n) is 6.49. The number of primary amides is 1. The van der Waals surface area contributed by atoms with Gasteiger partial charge in [0.1, 0.15) is 16.4 Å². The summed E-state index contributed by atoms with van der Waals surface area (Å²) in [7, 11) is -3.08. The third-order valence-corrected chi connectivity index (χ3v) is 9.22. The number of methoxy groups -OCH3 is 1. The van der Waals surface area contributed by atoms with Gasteiger partial charge in [-0.3, -0.25) is 9.59 Å². The molecule has 1 aliphatic carbocycles. The zero-order valence-corrected chi connectivity index (χ0v) is 23.3. The van der Waals surface area contributed by atoms with E-state index in [2.05, 4.69) is 22.2 Å². The van der Waals surface area contributed by atoms with Gasteiger partial charge >= 0.3 is 6.18 Å². The van der Waals surface area contributed by atoms with Gasteiger partial charge in [-0.1, -0.05) is 19.1 Å². The molecule has 1 atom stereocenters. The summed E-state index contributed by atoms with van der Waals surface area (Å²) in [6.07, 6.45) is -3.08. The van der Waals surface area contributed by atoms with Gasteiger partial charge in [0.25, 0.3) is 5.91 Å². The van der Waals surface area contributed by atoms with Crippen molar-refractivity contribution in [1.29, 1.82) is 0 Å². The highest BCUT2D eigenvalue weighted by molar-refractivity contribution is 7.91. The van der Waals surface area contributed by atoms with E-state index in [1.807, 2.05) is 0 Å². The van der Waals surface area contributed by atoms with E-state index < -0.39 is 44.4 Å². The van der Waals surface area contributed by atoms with Crippen LogP contribution in [0.2, 0.25) is 0 Å². The number of hydrogen-bond acceptors (Lipinski definition) is 8. The number of carbonyl (C=O) groups excluding carboxylic acids is 2. The first-order chi connectivity index (χ1) is 18.8. The molecule has 2 amide bonds. The van der Waals surface area contributed by atoms with E-state index in [9.17, 15) is 31.2 Å². The largest absolute Gasteiger partial charge is 0.496 e. The number of para-hydroxylation sites is 1. The molecule has 0 saturated carbocycles. The second kappa shape index (κ2) is 11.5. The second-order valence-corrected chi connectivity index (χ2v) is 12.6. The van der Waals surface area contributed by atoms with Crippen molar-refractivity contribution in [3.8, 4) is 17.0 Å². The first-order valence-electron chi connectivity index (χ1n) is 12.4. The number of nitrogens with zero attached hydrogens (tertiary/aromatic N) is 2. The van der Waals surface area contributed by atoms with Crippen molar-refractivity contribution in [1.82, 2.24) is 9.97 Å². The molecule has 2 heterocycles. The van der Waals surface area contributed by atoms with Gasteiger partial charge in [-0.05, 0) is 55.4 Å². The molecule has 0 radical (unpaired) electrons. The Bertz CT molecular complexity index is 1550. The normalized spacial score (nSPS) is 15.4. The molecule has 9 nitrogen and oxygen atoms in total. The zero-order chi connectivity index (χ0) is 29.2. The number of fused-ring (bicyclic) bond motifs is 1. The number of ether oxygens (including phenoxy) is 1. The van der Waals surface area contributed by atoms with Gasteiger partial charge < -0.3 is 15.8 Å². The molecule has 0 saturated heterocycles. The molecule has 2 aromatic heterocycles. The third kappa shape index (κ3) is 6.44. The Morgan fingerprint density at radius 1 is 1.23 bits per heavy atom. The maximum atomic E-state index is 13.6. The van der Waals surface area contributed by atoms with Crippen LogP contribution in [0, 0.1) is 5.92 Å². The van der Waals surface area contributed by atoms with Gasteiger partial charge in [-0.2, -0.15) is 13.2 Å². The summed E-state index contributed by atoms with van der Waals surface area (Å²) in [6.45, 7) is 2.10. The molecule has 3 aromatic rings. The number of nitrogens with two attached hydrogens (primary N) is 1. The highest BCUT2D eigenvalue weighted by Gasteiger charge is 2.36. The molecule has 1 unspecified atom stereocenters. The lowest BCUT2D eigenvalue weighted by molar-refractivity contribution is -0.141. The van der Waals surface area contributed by atoms with Crippen LogP contribution in [0.3, 0.4) is 0 Å². The first kappa shape index (κ1) is 29.5. The average Bonchev–Trinajstić information content (AvgIpc) is 3.24. The summed E-state index contributed by atoms with van der Waals surface area (Å²) < 4.78 is 71.9. The lowest BCUT2D eigenvalue weighted by Crippen LogP contribution is -2.20. The summed E-state index contributed by atoms with van der Waals surface area (Å²) in [6, 6.07) is 6.77. The molecule has 0 bridgehead atoms. The minimum atomic E-state index is -4.93. The number of rotatable bonds is 9. The molecule has 214 valence electrons. The number of alkyl halides is 3. The van der Waals surface area contributed by atoms with Crippen LogP contribution in [0.25, 0.3) is 11.3 Å². The number of sulfone groups is 1. The zero-order valence-electron chi connectivity index (χ0n) is 21.7. The van der Waals surface area contributed by atoms with Gasteiger partial charge in [-0.15, -0.1) is 11.3 Å². The van der Waals surface area contributed by atoms with Crippen molar-refractivity contribution >= 4 is 38.0 Å². The van der Waals surface area contributed by atoms with E-state index in [1.165, 1.54) is 30.6 Å². The van der Waals surface area contributed by atoms with E-state index in [-0.39, 0.29) is 35.4 Å². The molecular formula is C26H27F3N4O5S2. The van der Waals surface area contributed by atoms with E-state index >= 15 is 0 Å². The Hall–Kier alpha value is -3.52. The summed E-state index contributed by atoms with van der Waals surface area (Å²) in [5.74, 6) is -1.24. The van der Waals surface area contributed by atoms with Crippen molar-refractivity contribution in [2.45, 2.75) is 50.4 Å². The van der Waals surface area contributed by atoms with Crippen LogP contribution in [-0.4, -0.2) is 43.1 Å². The fourth-order valence-corrected chi connectivity index (χ4v) is 7.12. The maximum absolute atomic E-state index is 13.6. The SMILES string of the molecule is COc1ccccc1-c1cc(C(F)(F)F)nc(S(=O)(=O)CCCC(=O)Nc2sc3c(c2C(N)=O)CCC(C)C3)n1. The summed E-state index contributed by atoms with van der Waals surface area (Å²) in [5.41, 5.74) is 5.14. The van der Waals surface area contributed by atoms with Gasteiger partial charge in [0.15, 0.2) is 0 Å². The van der Waals surface area contributed by atoms with E-state index in [0.29, 0.717) is 23.4 Å². The number of halogens is 3. The predicted octanol–water partition coefficient (Wildman–Crippen LogP) is 4.65. The quantitative estimate of drug-likeness (QED) is 0.343. The number of benzene rings is 1. The Morgan fingerprint density at radius 2 is 1.95 bits per heavy atom. The summed E-state index contributed by atoms with van der Waals surface area (Å²) in [4.78, 5) is 32.9. The fraction of sp³-hybridized carbons (Fsp3) is 0.385. The maximum Gasteiger partial charge on any atom is 0.433 e. The van der Waals surface area contributed by atoms with Crippen LogP contribution in [0.5, 0.6) is 5.75 Å². The van der Waals surface area contributed by atoms with Crippen LogP contribution in [-0.2, 0) is 33.6 Å². The summed E-state index contributed by atoms with van der Waals surface area (Å²) >= 11 is 1.28. The number of aromatic nitrogens is 2. The molecular weight excluding hydrogens is 569 g/mol. The number of hydrogen-bond donors (Lipinski definition) is 2. The predicted molar refractivity (Wildman–Crippen MR) is 143 cm³/mol. The monoisotopic (exact) mass is 596 g/mol. The van der Waals surface area contributed by atoms with Gasteiger partial charge in [-0.25, -0.2) is 18.4 Å². The molecule has 40 heavy (non-hydrogen) atoms. The van der Waals surface area contributed by atoms with Crippen LogP contribution in [0.15, 0.2) is 35.5 Å².